The lowest BCUT2D eigenvalue weighted by atomic mass is 9.96. The second kappa shape index (κ2) is 6.71. The Labute approximate surface area is 115 Å². The summed E-state index contributed by atoms with van der Waals surface area (Å²) in [6.45, 7) is 3.63. The molecule has 0 radical (unpaired) electrons. The van der Waals surface area contributed by atoms with Crippen molar-refractivity contribution in [3.8, 4) is 0 Å². The van der Waals surface area contributed by atoms with Gasteiger partial charge in [-0.05, 0) is 50.3 Å². The number of rotatable bonds is 4. The van der Waals surface area contributed by atoms with Gasteiger partial charge in [-0.1, -0.05) is 25.1 Å². The first-order valence-corrected chi connectivity index (χ1v) is 7.36. The van der Waals surface area contributed by atoms with Crippen molar-refractivity contribution in [3.63, 3.8) is 0 Å². The van der Waals surface area contributed by atoms with Crippen molar-refractivity contribution >= 4 is 5.91 Å². The van der Waals surface area contributed by atoms with Gasteiger partial charge in [0.1, 0.15) is 0 Å². The van der Waals surface area contributed by atoms with Gasteiger partial charge in [-0.15, -0.1) is 0 Å². The molecule has 0 aliphatic carbocycles. The van der Waals surface area contributed by atoms with E-state index in [1.807, 2.05) is 23.1 Å². The normalized spacial score (nSPS) is 19.5. The van der Waals surface area contributed by atoms with Gasteiger partial charge in [-0.3, -0.25) is 4.79 Å². The molecule has 3 heteroatoms. The molecular weight excluding hydrogens is 236 g/mol. The summed E-state index contributed by atoms with van der Waals surface area (Å²) in [7, 11) is 0. The van der Waals surface area contributed by atoms with Crippen LogP contribution in [0.15, 0.2) is 24.3 Å². The number of hydrogen-bond acceptors (Lipinski definition) is 2. The predicted octanol–water partition coefficient (Wildman–Crippen LogP) is 2.59. The molecule has 1 atom stereocenters. The second-order valence-electron chi connectivity index (χ2n) is 5.24. The van der Waals surface area contributed by atoms with Gasteiger partial charge in [0.05, 0.1) is 0 Å². The van der Waals surface area contributed by atoms with Crippen LogP contribution in [0.2, 0.25) is 0 Å². The van der Waals surface area contributed by atoms with E-state index in [2.05, 4.69) is 13.0 Å². The largest absolute Gasteiger partial charge is 0.336 e. The molecule has 1 aromatic carbocycles. The zero-order chi connectivity index (χ0) is 13.7. The molecule has 0 spiro atoms. The van der Waals surface area contributed by atoms with Crippen LogP contribution in [0.3, 0.4) is 0 Å². The number of nitrogens with zero attached hydrogens (tertiary/aromatic N) is 1. The lowest BCUT2D eigenvalue weighted by Gasteiger charge is -2.36. The summed E-state index contributed by atoms with van der Waals surface area (Å²) < 4.78 is 0. The second-order valence-corrected chi connectivity index (χ2v) is 5.24. The number of carbonyl (C=O) groups excluding carboxylic acids is 1. The first-order valence-electron chi connectivity index (χ1n) is 7.36. The maximum Gasteiger partial charge on any atom is 0.254 e. The maximum atomic E-state index is 12.7. The Morgan fingerprint density at radius 2 is 2.16 bits per heavy atom. The summed E-state index contributed by atoms with van der Waals surface area (Å²) in [6, 6.07) is 8.29. The van der Waals surface area contributed by atoms with Crippen LogP contribution in [0, 0.1) is 0 Å². The molecule has 2 N–H and O–H groups in total. The number of amides is 1. The van der Waals surface area contributed by atoms with Gasteiger partial charge in [0, 0.05) is 18.2 Å². The Balaban J connectivity index is 2.21. The SMILES string of the molecule is CCc1ccccc1C(=O)N1CCCCC1CCN. The molecule has 1 heterocycles. The first kappa shape index (κ1) is 14.1. The van der Waals surface area contributed by atoms with Crippen LogP contribution < -0.4 is 5.73 Å². The smallest absolute Gasteiger partial charge is 0.254 e. The fourth-order valence-corrected chi connectivity index (χ4v) is 2.95. The average molecular weight is 260 g/mol. The van der Waals surface area contributed by atoms with Crippen molar-refractivity contribution in [3.05, 3.63) is 35.4 Å². The third-order valence-electron chi connectivity index (χ3n) is 4.02. The molecule has 1 aromatic rings. The quantitative estimate of drug-likeness (QED) is 0.904. The van der Waals surface area contributed by atoms with Gasteiger partial charge < -0.3 is 10.6 Å². The van der Waals surface area contributed by atoms with Crippen molar-refractivity contribution in [1.82, 2.24) is 4.90 Å². The maximum absolute atomic E-state index is 12.7. The van der Waals surface area contributed by atoms with Gasteiger partial charge in [-0.2, -0.15) is 0 Å². The number of piperidine rings is 1. The summed E-state index contributed by atoms with van der Waals surface area (Å²) in [4.78, 5) is 14.8. The molecule has 1 aliphatic heterocycles. The van der Waals surface area contributed by atoms with Crippen LogP contribution in [0.25, 0.3) is 0 Å². The van der Waals surface area contributed by atoms with Crippen LogP contribution in [0.1, 0.15) is 48.5 Å². The van der Waals surface area contributed by atoms with Gasteiger partial charge in [0.2, 0.25) is 0 Å². The fraction of sp³-hybridized carbons (Fsp3) is 0.562. The van der Waals surface area contributed by atoms with Crippen LogP contribution in [0.4, 0.5) is 0 Å². The summed E-state index contributed by atoms with van der Waals surface area (Å²) in [5, 5.41) is 0. The third-order valence-corrected chi connectivity index (χ3v) is 4.02. The number of likely N-dealkylation sites (tertiary alicyclic amines) is 1. The van der Waals surface area contributed by atoms with E-state index in [1.165, 1.54) is 6.42 Å². The number of aryl methyl sites for hydroxylation is 1. The van der Waals surface area contributed by atoms with E-state index in [-0.39, 0.29) is 5.91 Å². The van der Waals surface area contributed by atoms with E-state index < -0.39 is 0 Å². The molecular formula is C16H24N2O. The van der Waals surface area contributed by atoms with Gasteiger partial charge in [-0.25, -0.2) is 0 Å². The monoisotopic (exact) mass is 260 g/mol. The Kier molecular flexibility index (Phi) is 4.97. The molecule has 19 heavy (non-hydrogen) atoms. The topological polar surface area (TPSA) is 46.3 Å². The summed E-state index contributed by atoms with van der Waals surface area (Å²) in [6.07, 6.45) is 5.24. The van der Waals surface area contributed by atoms with E-state index in [9.17, 15) is 4.79 Å². The molecule has 2 rings (SSSR count). The van der Waals surface area contributed by atoms with E-state index in [1.54, 1.807) is 0 Å². The molecule has 104 valence electrons. The highest BCUT2D eigenvalue weighted by molar-refractivity contribution is 5.96. The summed E-state index contributed by atoms with van der Waals surface area (Å²) >= 11 is 0. The molecule has 1 saturated heterocycles. The van der Waals surface area contributed by atoms with E-state index >= 15 is 0 Å². The molecule has 0 saturated carbocycles. The van der Waals surface area contributed by atoms with E-state index in [4.69, 9.17) is 5.73 Å². The van der Waals surface area contributed by atoms with Crippen LogP contribution in [-0.2, 0) is 6.42 Å². The standard InChI is InChI=1S/C16H24N2O/c1-2-13-7-3-4-9-15(13)16(19)18-12-6-5-8-14(18)10-11-17/h3-4,7,9,14H,2,5-6,8,10-12,17H2,1H3. The van der Waals surface area contributed by atoms with Crippen molar-refractivity contribution in [2.75, 3.05) is 13.1 Å². The molecule has 1 aliphatic rings. The number of hydrogen-bond donors (Lipinski definition) is 1. The Morgan fingerprint density at radius 1 is 1.37 bits per heavy atom. The van der Waals surface area contributed by atoms with Crippen molar-refractivity contribution < 1.29 is 4.79 Å². The Bertz CT molecular complexity index is 429. The Hall–Kier alpha value is -1.35. The molecule has 1 unspecified atom stereocenters. The third kappa shape index (κ3) is 3.16. The highest BCUT2D eigenvalue weighted by Gasteiger charge is 2.27. The number of benzene rings is 1. The molecule has 3 nitrogen and oxygen atoms in total. The molecule has 0 bridgehead atoms. The van der Waals surface area contributed by atoms with Crippen molar-refractivity contribution in [2.24, 2.45) is 5.73 Å². The fourth-order valence-electron chi connectivity index (χ4n) is 2.95. The minimum Gasteiger partial charge on any atom is -0.336 e. The zero-order valence-electron chi connectivity index (χ0n) is 11.8. The number of nitrogens with two attached hydrogens (primary N) is 1. The molecule has 1 amide bonds. The summed E-state index contributed by atoms with van der Waals surface area (Å²) in [5.41, 5.74) is 7.69. The first-order chi connectivity index (χ1) is 9.27. The lowest BCUT2D eigenvalue weighted by molar-refractivity contribution is 0.0604. The van der Waals surface area contributed by atoms with Crippen LogP contribution in [0.5, 0.6) is 0 Å². The molecule has 0 aromatic heterocycles. The van der Waals surface area contributed by atoms with Crippen LogP contribution >= 0.6 is 0 Å². The van der Waals surface area contributed by atoms with Crippen molar-refractivity contribution in [1.29, 1.82) is 0 Å². The van der Waals surface area contributed by atoms with E-state index in [0.717, 1.165) is 43.4 Å². The predicted molar refractivity (Wildman–Crippen MR) is 78.2 cm³/mol. The molecule has 1 fully saturated rings. The zero-order valence-corrected chi connectivity index (χ0v) is 11.8. The van der Waals surface area contributed by atoms with Crippen molar-refractivity contribution in [2.45, 2.75) is 45.1 Å². The number of carbonyl (C=O) groups is 1. The average Bonchev–Trinajstić information content (AvgIpc) is 2.47. The van der Waals surface area contributed by atoms with E-state index in [0.29, 0.717) is 12.6 Å². The van der Waals surface area contributed by atoms with Gasteiger partial charge >= 0.3 is 0 Å². The van der Waals surface area contributed by atoms with Gasteiger partial charge in [0.15, 0.2) is 0 Å². The highest BCUT2D eigenvalue weighted by Crippen LogP contribution is 2.23. The Morgan fingerprint density at radius 3 is 2.89 bits per heavy atom. The summed E-state index contributed by atoms with van der Waals surface area (Å²) in [5.74, 6) is 0.190. The van der Waals surface area contributed by atoms with Crippen LogP contribution in [-0.4, -0.2) is 29.9 Å². The lowest BCUT2D eigenvalue weighted by Crippen LogP contribution is -2.44. The highest BCUT2D eigenvalue weighted by atomic mass is 16.2. The minimum absolute atomic E-state index is 0.190. The van der Waals surface area contributed by atoms with Gasteiger partial charge in [0.25, 0.3) is 5.91 Å². The minimum atomic E-state index is 0.190.